The fourth-order valence-electron chi connectivity index (χ4n) is 4.71. The van der Waals surface area contributed by atoms with Gasteiger partial charge < -0.3 is 23.7 Å². The SMILES string of the molecule is COC1CCC2C(=O)C(C3CC4OCOC4CC3OC)=COC2C1. The lowest BCUT2D eigenvalue weighted by Gasteiger charge is -2.41. The normalized spacial score (nSPS) is 45.2. The van der Waals surface area contributed by atoms with Crippen LogP contribution in [0.4, 0.5) is 0 Å². The molecule has 0 aromatic heterocycles. The Kier molecular flexibility index (Phi) is 4.64. The summed E-state index contributed by atoms with van der Waals surface area (Å²) < 4.78 is 28.4. The molecule has 0 spiro atoms. The van der Waals surface area contributed by atoms with Crippen molar-refractivity contribution in [2.45, 2.75) is 62.6 Å². The first-order valence-corrected chi connectivity index (χ1v) is 8.89. The van der Waals surface area contributed by atoms with Crippen LogP contribution in [-0.4, -0.2) is 57.3 Å². The van der Waals surface area contributed by atoms with Crippen molar-refractivity contribution < 1.29 is 28.5 Å². The van der Waals surface area contributed by atoms with Gasteiger partial charge in [-0.1, -0.05) is 0 Å². The van der Waals surface area contributed by atoms with Crippen molar-refractivity contribution in [1.29, 1.82) is 0 Å². The maximum absolute atomic E-state index is 13.1. The molecular weight excluding hydrogens is 312 g/mol. The number of hydrogen-bond donors (Lipinski definition) is 0. The van der Waals surface area contributed by atoms with E-state index in [1.807, 2.05) is 0 Å². The van der Waals surface area contributed by atoms with E-state index in [0.717, 1.165) is 37.7 Å². The highest BCUT2D eigenvalue weighted by atomic mass is 16.7. The number of ketones is 1. The van der Waals surface area contributed by atoms with E-state index in [1.54, 1.807) is 20.5 Å². The van der Waals surface area contributed by atoms with Gasteiger partial charge in [0.05, 0.1) is 36.6 Å². The molecule has 0 radical (unpaired) electrons. The molecule has 2 saturated carbocycles. The van der Waals surface area contributed by atoms with Gasteiger partial charge in [0.2, 0.25) is 0 Å². The number of carbonyl (C=O) groups is 1. The Morgan fingerprint density at radius 2 is 1.75 bits per heavy atom. The first kappa shape index (κ1) is 16.5. The predicted octanol–water partition coefficient (Wildman–Crippen LogP) is 1.82. The van der Waals surface area contributed by atoms with E-state index in [9.17, 15) is 4.79 Å². The van der Waals surface area contributed by atoms with Crippen LogP contribution < -0.4 is 0 Å². The van der Waals surface area contributed by atoms with Crippen LogP contribution in [0.3, 0.4) is 0 Å². The van der Waals surface area contributed by atoms with Crippen molar-refractivity contribution in [3.8, 4) is 0 Å². The maximum atomic E-state index is 13.1. The molecule has 2 heterocycles. The fraction of sp³-hybridized carbons (Fsp3) is 0.833. The van der Waals surface area contributed by atoms with Gasteiger partial charge in [-0.3, -0.25) is 4.79 Å². The first-order chi connectivity index (χ1) is 11.7. The number of carbonyl (C=O) groups excluding carboxylic acids is 1. The molecule has 0 amide bonds. The average molecular weight is 338 g/mol. The Hall–Kier alpha value is -0.950. The van der Waals surface area contributed by atoms with Gasteiger partial charge in [0.15, 0.2) is 5.78 Å². The molecule has 6 heteroatoms. The maximum Gasteiger partial charge on any atom is 0.169 e. The van der Waals surface area contributed by atoms with Gasteiger partial charge in [-0.25, -0.2) is 0 Å². The number of ether oxygens (including phenoxy) is 5. The Balaban J connectivity index is 1.52. The van der Waals surface area contributed by atoms with Gasteiger partial charge in [0.25, 0.3) is 0 Å². The monoisotopic (exact) mass is 338 g/mol. The van der Waals surface area contributed by atoms with Gasteiger partial charge >= 0.3 is 0 Å². The molecule has 2 aliphatic carbocycles. The molecule has 4 aliphatic rings. The van der Waals surface area contributed by atoms with E-state index in [2.05, 4.69) is 0 Å². The zero-order valence-corrected chi connectivity index (χ0v) is 14.3. The van der Waals surface area contributed by atoms with Gasteiger partial charge in [-0.05, 0) is 19.3 Å². The third kappa shape index (κ3) is 2.79. The van der Waals surface area contributed by atoms with Crippen LogP contribution in [-0.2, 0) is 28.5 Å². The van der Waals surface area contributed by atoms with Crippen molar-refractivity contribution in [3.63, 3.8) is 0 Å². The van der Waals surface area contributed by atoms with Crippen LogP contribution in [0, 0.1) is 11.8 Å². The summed E-state index contributed by atoms with van der Waals surface area (Å²) in [5.41, 5.74) is 0.771. The summed E-state index contributed by atoms with van der Waals surface area (Å²) in [7, 11) is 3.43. The minimum Gasteiger partial charge on any atom is -0.497 e. The Morgan fingerprint density at radius 1 is 0.958 bits per heavy atom. The summed E-state index contributed by atoms with van der Waals surface area (Å²) >= 11 is 0. The fourth-order valence-corrected chi connectivity index (χ4v) is 4.71. The zero-order chi connectivity index (χ0) is 16.7. The summed E-state index contributed by atoms with van der Waals surface area (Å²) in [5, 5.41) is 0. The molecule has 4 rings (SSSR count). The highest BCUT2D eigenvalue weighted by Gasteiger charge is 2.48. The van der Waals surface area contributed by atoms with E-state index in [-0.39, 0.29) is 48.1 Å². The highest BCUT2D eigenvalue weighted by molar-refractivity contribution is 5.98. The van der Waals surface area contributed by atoms with Crippen LogP contribution in [0.2, 0.25) is 0 Å². The molecule has 0 N–H and O–H groups in total. The molecule has 0 bridgehead atoms. The minimum absolute atomic E-state index is 0.0200. The van der Waals surface area contributed by atoms with Gasteiger partial charge in [0, 0.05) is 38.6 Å². The minimum atomic E-state index is -0.0525. The largest absolute Gasteiger partial charge is 0.497 e. The van der Waals surface area contributed by atoms with Gasteiger partial charge in [0.1, 0.15) is 12.9 Å². The molecule has 134 valence electrons. The number of Topliss-reactive ketones (excluding diaryl/α,β-unsaturated/α-hetero) is 1. The summed E-state index contributed by atoms with van der Waals surface area (Å²) in [4.78, 5) is 13.1. The number of hydrogen-bond acceptors (Lipinski definition) is 6. The second kappa shape index (κ2) is 6.75. The topological polar surface area (TPSA) is 63.2 Å². The van der Waals surface area contributed by atoms with Crippen molar-refractivity contribution >= 4 is 5.78 Å². The Bertz CT molecular complexity index is 518. The molecule has 0 aromatic carbocycles. The molecular formula is C18H26O6. The molecule has 24 heavy (non-hydrogen) atoms. The average Bonchev–Trinajstić information content (AvgIpc) is 3.08. The lowest BCUT2D eigenvalue weighted by Crippen LogP contribution is -2.47. The number of rotatable bonds is 3. The van der Waals surface area contributed by atoms with Crippen LogP contribution in [0.1, 0.15) is 32.1 Å². The zero-order valence-electron chi connectivity index (χ0n) is 14.3. The Labute approximate surface area is 142 Å². The lowest BCUT2D eigenvalue weighted by atomic mass is 9.72. The van der Waals surface area contributed by atoms with Crippen LogP contribution >= 0.6 is 0 Å². The number of methoxy groups -OCH3 is 2. The molecule has 2 aliphatic heterocycles. The third-order valence-electron chi connectivity index (χ3n) is 6.15. The van der Waals surface area contributed by atoms with Crippen LogP contribution in [0.5, 0.6) is 0 Å². The Morgan fingerprint density at radius 3 is 2.50 bits per heavy atom. The summed E-state index contributed by atoms with van der Waals surface area (Å²) in [6, 6.07) is 0. The van der Waals surface area contributed by atoms with Crippen LogP contribution in [0.25, 0.3) is 0 Å². The highest BCUT2D eigenvalue weighted by Crippen LogP contribution is 2.42. The van der Waals surface area contributed by atoms with Gasteiger partial charge in [-0.2, -0.15) is 0 Å². The van der Waals surface area contributed by atoms with Gasteiger partial charge in [-0.15, -0.1) is 0 Å². The van der Waals surface area contributed by atoms with E-state index in [1.165, 1.54) is 0 Å². The molecule has 7 atom stereocenters. The summed E-state index contributed by atoms with van der Waals surface area (Å²) in [6.07, 6.45) is 5.98. The predicted molar refractivity (Wildman–Crippen MR) is 84.2 cm³/mol. The van der Waals surface area contributed by atoms with E-state index < -0.39 is 0 Å². The summed E-state index contributed by atoms with van der Waals surface area (Å²) in [5.74, 6) is 0.198. The summed E-state index contributed by atoms with van der Waals surface area (Å²) in [6.45, 7) is 0.338. The van der Waals surface area contributed by atoms with E-state index >= 15 is 0 Å². The van der Waals surface area contributed by atoms with Crippen molar-refractivity contribution in [2.24, 2.45) is 11.8 Å². The smallest absolute Gasteiger partial charge is 0.169 e. The lowest BCUT2D eigenvalue weighted by molar-refractivity contribution is -0.132. The second-order valence-corrected chi connectivity index (χ2v) is 7.27. The standard InChI is InChI=1S/C18H26O6/c1-20-10-3-4-11-15(5-10)22-8-13(18(11)19)12-6-16-17(24-9-23-16)7-14(12)21-2/h8,10-12,14-17H,3-7,9H2,1-2H3. The molecule has 3 fully saturated rings. The molecule has 7 unspecified atom stereocenters. The van der Waals surface area contributed by atoms with Crippen LogP contribution in [0.15, 0.2) is 11.8 Å². The third-order valence-corrected chi connectivity index (χ3v) is 6.15. The molecule has 1 saturated heterocycles. The first-order valence-electron chi connectivity index (χ1n) is 8.89. The van der Waals surface area contributed by atoms with E-state index in [4.69, 9.17) is 23.7 Å². The van der Waals surface area contributed by atoms with Crippen molar-refractivity contribution in [2.75, 3.05) is 21.0 Å². The van der Waals surface area contributed by atoms with Crippen molar-refractivity contribution in [1.82, 2.24) is 0 Å². The number of fused-ring (bicyclic) bond motifs is 2. The van der Waals surface area contributed by atoms with Crippen molar-refractivity contribution in [3.05, 3.63) is 11.8 Å². The quantitative estimate of drug-likeness (QED) is 0.782. The second-order valence-electron chi connectivity index (χ2n) is 7.27. The molecule has 0 aromatic rings. The molecule has 6 nitrogen and oxygen atoms in total. The van der Waals surface area contributed by atoms with E-state index in [0.29, 0.717) is 6.79 Å².